The highest BCUT2D eigenvalue weighted by Crippen LogP contribution is 2.24. The van der Waals surface area contributed by atoms with E-state index in [0.29, 0.717) is 17.9 Å². The minimum atomic E-state index is -0.0172. The quantitative estimate of drug-likeness (QED) is 0.631. The van der Waals surface area contributed by atoms with Gasteiger partial charge in [-0.05, 0) is 61.9 Å². The highest BCUT2D eigenvalue weighted by Gasteiger charge is 2.09. The summed E-state index contributed by atoms with van der Waals surface area (Å²) >= 11 is 5.90. The Morgan fingerprint density at radius 3 is 2.52 bits per heavy atom. The van der Waals surface area contributed by atoms with Gasteiger partial charge < -0.3 is 9.73 Å². The number of hydrogen-bond acceptors (Lipinski definition) is 2. The Balaban J connectivity index is 1.58. The molecule has 1 amide bonds. The van der Waals surface area contributed by atoms with Crippen molar-refractivity contribution in [2.24, 2.45) is 0 Å². The molecule has 0 radical (unpaired) electrons. The highest BCUT2D eigenvalue weighted by molar-refractivity contribution is 6.30. The summed E-state index contributed by atoms with van der Waals surface area (Å²) < 4.78 is 5.83. The molecular weight excluding hydrogens is 334 g/mol. The fourth-order valence-corrected chi connectivity index (χ4v) is 2.81. The molecule has 4 heteroatoms. The zero-order valence-corrected chi connectivity index (χ0v) is 15.1. The lowest BCUT2D eigenvalue weighted by molar-refractivity contribution is -0.116. The average molecular weight is 354 g/mol. The molecule has 0 saturated heterocycles. The number of aryl methyl sites for hydroxylation is 3. The second-order valence-corrected chi connectivity index (χ2v) is 6.58. The van der Waals surface area contributed by atoms with E-state index < -0.39 is 0 Å². The van der Waals surface area contributed by atoms with Crippen LogP contribution in [-0.2, 0) is 11.2 Å². The van der Waals surface area contributed by atoms with E-state index in [2.05, 4.69) is 11.4 Å². The molecular formula is C21H20ClNO2. The van der Waals surface area contributed by atoms with Gasteiger partial charge in [0.05, 0.1) is 0 Å². The van der Waals surface area contributed by atoms with Gasteiger partial charge in [0.2, 0.25) is 5.91 Å². The molecule has 0 fully saturated rings. The van der Waals surface area contributed by atoms with Gasteiger partial charge in [0.25, 0.3) is 0 Å². The minimum absolute atomic E-state index is 0.0172. The molecule has 0 bridgehead atoms. The van der Waals surface area contributed by atoms with Gasteiger partial charge in [-0.3, -0.25) is 4.79 Å². The van der Waals surface area contributed by atoms with Crippen LogP contribution in [0.1, 0.15) is 23.3 Å². The van der Waals surface area contributed by atoms with Gasteiger partial charge in [-0.15, -0.1) is 0 Å². The third-order valence-electron chi connectivity index (χ3n) is 4.04. The molecule has 128 valence electrons. The Labute approximate surface area is 152 Å². The summed E-state index contributed by atoms with van der Waals surface area (Å²) in [5.41, 5.74) is 4.07. The number of benzene rings is 2. The number of rotatable bonds is 5. The lowest BCUT2D eigenvalue weighted by atomic mass is 10.1. The van der Waals surface area contributed by atoms with E-state index in [1.807, 2.05) is 62.4 Å². The van der Waals surface area contributed by atoms with Crippen molar-refractivity contribution < 1.29 is 9.21 Å². The first-order valence-electron chi connectivity index (χ1n) is 8.23. The Morgan fingerprint density at radius 1 is 1.04 bits per heavy atom. The smallest absolute Gasteiger partial charge is 0.224 e. The number of carbonyl (C=O) groups is 1. The molecule has 3 rings (SSSR count). The maximum atomic E-state index is 12.2. The Kier molecular flexibility index (Phi) is 5.25. The van der Waals surface area contributed by atoms with Crippen molar-refractivity contribution in [1.29, 1.82) is 0 Å². The van der Waals surface area contributed by atoms with Crippen molar-refractivity contribution in [3.05, 3.63) is 76.5 Å². The SMILES string of the molecule is Cc1ccc(NC(=O)CCc2ccc(-c3ccc(Cl)cc3)o2)c(C)c1. The van der Waals surface area contributed by atoms with Crippen LogP contribution < -0.4 is 5.32 Å². The van der Waals surface area contributed by atoms with E-state index in [-0.39, 0.29) is 5.91 Å². The topological polar surface area (TPSA) is 42.2 Å². The monoisotopic (exact) mass is 353 g/mol. The van der Waals surface area contributed by atoms with Crippen LogP contribution in [-0.4, -0.2) is 5.91 Å². The van der Waals surface area contributed by atoms with Crippen molar-refractivity contribution in [1.82, 2.24) is 0 Å². The molecule has 0 spiro atoms. The van der Waals surface area contributed by atoms with Crippen molar-refractivity contribution in [3.8, 4) is 11.3 Å². The second kappa shape index (κ2) is 7.58. The summed E-state index contributed by atoms with van der Waals surface area (Å²) in [5, 5.41) is 3.65. The molecule has 0 saturated carbocycles. The summed E-state index contributed by atoms with van der Waals surface area (Å²) in [6, 6.07) is 17.3. The predicted molar refractivity (Wildman–Crippen MR) is 102 cm³/mol. The zero-order chi connectivity index (χ0) is 17.8. The maximum absolute atomic E-state index is 12.2. The lowest BCUT2D eigenvalue weighted by Crippen LogP contribution is -2.13. The number of anilines is 1. The van der Waals surface area contributed by atoms with E-state index in [0.717, 1.165) is 28.3 Å². The highest BCUT2D eigenvalue weighted by atomic mass is 35.5. The molecule has 1 N–H and O–H groups in total. The van der Waals surface area contributed by atoms with Crippen LogP contribution in [0.4, 0.5) is 5.69 Å². The van der Waals surface area contributed by atoms with Gasteiger partial charge in [0, 0.05) is 29.1 Å². The van der Waals surface area contributed by atoms with Gasteiger partial charge in [-0.1, -0.05) is 29.3 Å². The van der Waals surface area contributed by atoms with Crippen LogP contribution in [0.3, 0.4) is 0 Å². The predicted octanol–water partition coefficient (Wildman–Crippen LogP) is 5.79. The maximum Gasteiger partial charge on any atom is 0.224 e. The molecule has 0 aliphatic rings. The van der Waals surface area contributed by atoms with Crippen molar-refractivity contribution in [3.63, 3.8) is 0 Å². The molecule has 0 aliphatic carbocycles. The fraction of sp³-hybridized carbons (Fsp3) is 0.190. The minimum Gasteiger partial charge on any atom is -0.461 e. The fourth-order valence-electron chi connectivity index (χ4n) is 2.68. The van der Waals surface area contributed by atoms with Gasteiger partial charge in [0.1, 0.15) is 11.5 Å². The first-order chi connectivity index (χ1) is 12.0. The number of furan rings is 1. The Hall–Kier alpha value is -2.52. The standard InChI is InChI=1S/C21H20ClNO2/c1-14-3-10-19(15(2)13-14)23-21(24)12-9-18-8-11-20(25-18)16-4-6-17(22)7-5-16/h3-8,10-11,13H,9,12H2,1-2H3,(H,23,24). The summed E-state index contributed by atoms with van der Waals surface area (Å²) in [6.45, 7) is 4.03. The second-order valence-electron chi connectivity index (χ2n) is 6.14. The third-order valence-corrected chi connectivity index (χ3v) is 4.30. The summed E-state index contributed by atoms with van der Waals surface area (Å²) in [4.78, 5) is 12.2. The van der Waals surface area contributed by atoms with Crippen LogP contribution in [0.2, 0.25) is 5.02 Å². The van der Waals surface area contributed by atoms with Gasteiger partial charge in [0.15, 0.2) is 0 Å². The van der Waals surface area contributed by atoms with Crippen LogP contribution in [0, 0.1) is 13.8 Å². The van der Waals surface area contributed by atoms with E-state index >= 15 is 0 Å². The Bertz CT molecular complexity index is 881. The van der Waals surface area contributed by atoms with E-state index in [9.17, 15) is 4.79 Å². The number of nitrogens with one attached hydrogen (secondary N) is 1. The molecule has 2 aromatic carbocycles. The number of halogens is 1. The van der Waals surface area contributed by atoms with Crippen LogP contribution in [0.15, 0.2) is 59.0 Å². The number of amides is 1. The summed E-state index contributed by atoms with van der Waals surface area (Å²) in [5.74, 6) is 1.55. The largest absolute Gasteiger partial charge is 0.461 e. The average Bonchev–Trinajstić information content (AvgIpc) is 3.05. The number of carbonyl (C=O) groups excluding carboxylic acids is 1. The first-order valence-corrected chi connectivity index (χ1v) is 8.61. The summed E-state index contributed by atoms with van der Waals surface area (Å²) in [7, 11) is 0. The van der Waals surface area contributed by atoms with Crippen LogP contribution >= 0.6 is 11.6 Å². The summed E-state index contributed by atoms with van der Waals surface area (Å²) in [6.07, 6.45) is 0.936. The van der Waals surface area contributed by atoms with Crippen molar-refractivity contribution in [2.75, 3.05) is 5.32 Å². The van der Waals surface area contributed by atoms with E-state index in [1.165, 1.54) is 5.56 Å². The molecule has 0 atom stereocenters. The third kappa shape index (κ3) is 4.52. The Morgan fingerprint density at radius 2 is 1.80 bits per heavy atom. The molecule has 1 aromatic heterocycles. The van der Waals surface area contributed by atoms with Crippen LogP contribution in [0.25, 0.3) is 11.3 Å². The number of hydrogen-bond donors (Lipinski definition) is 1. The van der Waals surface area contributed by atoms with E-state index in [1.54, 1.807) is 0 Å². The normalized spacial score (nSPS) is 10.7. The zero-order valence-electron chi connectivity index (χ0n) is 14.3. The van der Waals surface area contributed by atoms with E-state index in [4.69, 9.17) is 16.0 Å². The lowest BCUT2D eigenvalue weighted by Gasteiger charge is -2.08. The van der Waals surface area contributed by atoms with Crippen molar-refractivity contribution in [2.45, 2.75) is 26.7 Å². The van der Waals surface area contributed by atoms with Gasteiger partial charge in [-0.2, -0.15) is 0 Å². The van der Waals surface area contributed by atoms with Gasteiger partial charge >= 0.3 is 0 Å². The molecule has 0 unspecified atom stereocenters. The van der Waals surface area contributed by atoms with Crippen molar-refractivity contribution >= 4 is 23.2 Å². The molecule has 3 nitrogen and oxygen atoms in total. The molecule has 3 aromatic rings. The molecule has 1 heterocycles. The van der Waals surface area contributed by atoms with Gasteiger partial charge in [-0.25, -0.2) is 0 Å². The first kappa shape index (κ1) is 17.3. The molecule has 25 heavy (non-hydrogen) atoms. The molecule has 0 aliphatic heterocycles. The van der Waals surface area contributed by atoms with Crippen LogP contribution in [0.5, 0.6) is 0 Å².